The SMILES string of the molecule is CCOC(=O)CC(O)CNC(COC)C(C)C. The van der Waals surface area contributed by atoms with Crippen LogP contribution in [-0.2, 0) is 14.3 Å². The van der Waals surface area contributed by atoms with Crippen molar-refractivity contribution in [3.05, 3.63) is 0 Å². The van der Waals surface area contributed by atoms with Crippen LogP contribution in [0.1, 0.15) is 27.2 Å². The fraction of sp³-hybridized carbons (Fsp3) is 0.917. The number of esters is 1. The van der Waals surface area contributed by atoms with Crippen molar-refractivity contribution in [2.45, 2.75) is 39.3 Å². The van der Waals surface area contributed by atoms with Gasteiger partial charge in [0.15, 0.2) is 0 Å². The summed E-state index contributed by atoms with van der Waals surface area (Å²) >= 11 is 0. The van der Waals surface area contributed by atoms with E-state index in [2.05, 4.69) is 19.2 Å². The molecule has 2 N–H and O–H groups in total. The number of rotatable bonds is 9. The van der Waals surface area contributed by atoms with Gasteiger partial charge in [-0.3, -0.25) is 4.79 Å². The maximum Gasteiger partial charge on any atom is 0.308 e. The predicted molar refractivity (Wildman–Crippen MR) is 65.8 cm³/mol. The minimum Gasteiger partial charge on any atom is -0.466 e. The van der Waals surface area contributed by atoms with E-state index in [1.54, 1.807) is 14.0 Å². The van der Waals surface area contributed by atoms with Gasteiger partial charge in [-0.1, -0.05) is 13.8 Å². The molecule has 0 spiro atoms. The van der Waals surface area contributed by atoms with E-state index >= 15 is 0 Å². The summed E-state index contributed by atoms with van der Waals surface area (Å²) in [5, 5.41) is 12.8. The number of carbonyl (C=O) groups excluding carboxylic acids is 1. The van der Waals surface area contributed by atoms with Crippen LogP contribution >= 0.6 is 0 Å². The zero-order chi connectivity index (χ0) is 13.3. The minimum atomic E-state index is -0.716. The zero-order valence-corrected chi connectivity index (χ0v) is 11.2. The lowest BCUT2D eigenvalue weighted by Gasteiger charge is -2.23. The molecule has 0 aromatic rings. The monoisotopic (exact) mass is 247 g/mol. The van der Waals surface area contributed by atoms with Crippen LogP contribution in [0.2, 0.25) is 0 Å². The fourth-order valence-electron chi connectivity index (χ4n) is 1.44. The van der Waals surface area contributed by atoms with Gasteiger partial charge in [0.25, 0.3) is 0 Å². The molecule has 0 aromatic heterocycles. The van der Waals surface area contributed by atoms with Crippen molar-refractivity contribution in [1.29, 1.82) is 0 Å². The summed E-state index contributed by atoms with van der Waals surface area (Å²) < 4.78 is 9.84. The second-order valence-electron chi connectivity index (χ2n) is 4.38. The molecule has 0 heterocycles. The van der Waals surface area contributed by atoms with Crippen molar-refractivity contribution in [3.8, 4) is 0 Å². The highest BCUT2D eigenvalue weighted by atomic mass is 16.5. The average molecular weight is 247 g/mol. The molecular formula is C12H25NO4. The van der Waals surface area contributed by atoms with Crippen LogP contribution in [0.5, 0.6) is 0 Å². The first-order valence-electron chi connectivity index (χ1n) is 6.07. The van der Waals surface area contributed by atoms with Gasteiger partial charge >= 0.3 is 5.97 Å². The Morgan fingerprint density at radius 1 is 1.41 bits per heavy atom. The third-order valence-electron chi connectivity index (χ3n) is 2.47. The molecule has 0 aliphatic rings. The van der Waals surface area contributed by atoms with Gasteiger partial charge in [0, 0.05) is 19.7 Å². The van der Waals surface area contributed by atoms with Gasteiger partial charge in [0.2, 0.25) is 0 Å². The predicted octanol–water partition coefficient (Wildman–Crippen LogP) is 0.561. The Hall–Kier alpha value is -0.650. The van der Waals surface area contributed by atoms with E-state index in [1.807, 2.05) is 0 Å². The van der Waals surface area contributed by atoms with Gasteiger partial charge < -0.3 is 19.9 Å². The third kappa shape index (κ3) is 8.12. The summed E-state index contributed by atoms with van der Waals surface area (Å²) in [5.41, 5.74) is 0. The first kappa shape index (κ1) is 16.4. The van der Waals surface area contributed by atoms with Crippen molar-refractivity contribution in [1.82, 2.24) is 5.32 Å². The fourth-order valence-corrected chi connectivity index (χ4v) is 1.44. The lowest BCUT2D eigenvalue weighted by Crippen LogP contribution is -2.42. The van der Waals surface area contributed by atoms with Crippen molar-refractivity contribution in [3.63, 3.8) is 0 Å². The zero-order valence-electron chi connectivity index (χ0n) is 11.2. The number of methoxy groups -OCH3 is 1. The number of aliphatic hydroxyl groups is 1. The standard InChI is InChI=1S/C12H25NO4/c1-5-17-12(15)6-10(14)7-13-11(8-16-4)9(2)3/h9-11,13-14H,5-8H2,1-4H3. The summed E-state index contributed by atoms with van der Waals surface area (Å²) in [7, 11) is 1.64. The molecule has 0 saturated carbocycles. The molecule has 0 radical (unpaired) electrons. The van der Waals surface area contributed by atoms with E-state index in [0.29, 0.717) is 25.7 Å². The molecule has 17 heavy (non-hydrogen) atoms. The first-order chi connectivity index (χ1) is 8.01. The number of hydrogen-bond acceptors (Lipinski definition) is 5. The molecule has 0 aliphatic carbocycles. The summed E-state index contributed by atoms with van der Waals surface area (Å²) in [6.45, 7) is 7.20. The summed E-state index contributed by atoms with van der Waals surface area (Å²) in [4.78, 5) is 11.1. The second-order valence-corrected chi connectivity index (χ2v) is 4.38. The van der Waals surface area contributed by atoms with Crippen LogP contribution in [0, 0.1) is 5.92 Å². The molecule has 0 saturated heterocycles. The lowest BCUT2D eigenvalue weighted by molar-refractivity contribution is -0.145. The molecule has 102 valence electrons. The van der Waals surface area contributed by atoms with Crippen LogP contribution in [0.25, 0.3) is 0 Å². The van der Waals surface area contributed by atoms with E-state index in [-0.39, 0.29) is 18.4 Å². The molecule has 0 bridgehead atoms. The quantitative estimate of drug-likeness (QED) is 0.583. The Morgan fingerprint density at radius 2 is 2.06 bits per heavy atom. The Morgan fingerprint density at radius 3 is 2.53 bits per heavy atom. The van der Waals surface area contributed by atoms with Crippen molar-refractivity contribution < 1.29 is 19.4 Å². The average Bonchev–Trinajstić information content (AvgIpc) is 2.23. The molecular weight excluding hydrogens is 222 g/mol. The van der Waals surface area contributed by atoms with E-state index in [9.17, 15) is 9.90 Å². The minimum absolute atomic E-state index is 0.0264. The topological polar surface area (TPSA) is 67.8 Å². The van der Waals surface area contributed by atoms with E-state index in [1.165, 1.54) is 0 Å². The van der Waals surface area contributed by atoms with Crippen LogP contribution in [0.3, 0.4) is 0 Å². The summed E-state index contributed by atoms with van der Waals surface area (Å²) in [6.07, 6.45) is -0.689. The smallest absolute Gasteiger partial charge is 0.308 e. The van der Waals surface area contributed by atoms with E-state index in [4.69, 9.17) is 9.47 Å². The Kier molecular flexibility index (Phi) is 9.03. The van der Waals surface area contributed by atoms with Gasteiger partial charge in [-0.15, -0.1) is 0 Å². The largest absolute Gasteiger partial charge is 0.466 e. The van der Waals surface area contributed by atoms with Gasteiger partial charge in [0.05, 0.1) is 25.7 Å². The van der Waals surface area contributed by atoms with Gasteiger partial charge in [-0.2, -0.15) is 0 Å². The lowest BCUT2D eigenvalue weighted by atomic mass is 10.1. The highest BCUT2D eigenvalue weighted by Crippen LogP contribution is 2.02. The number of hydrogen-bond donors (Lipinski definition) is 2. The Labute approximate surface area is 103 Å². The highest BCUT2D eigenvalue weighted by Gasteiger charge is 2.16. The first-order valence-corrected chi connectivity index (χ1v) is 6.07. The van der Waals surface area contributed by atoms with Gasteiger partial charge in [0.1, 0.15) is 0 Å². The summed E-state index contributed by atoms with van der Waals surface area (Å²) in [5.74, 6) is 0.0411. The van der Waals surface area contributed by atoms with Gasteiger partial charge in [-0.05, 0) is 12.8 Å². The van der Waals surface area contributed by atoms with Crippen molar-refractivity contribution >= 4 is 5.97 Å². The number of ether oxygens (including phenoxy) is 2. The molecule has 5 nitrogen and oxygen atoms in total. The van der Waals surface area contributed by atoms with Crippen LogP contribution in [-0.4, -0.2) is 50.1 Å². The molecule has 0 amide bonds. The molecule has 0 aromatic carbocycles. The van der Waals surface area contributed by atoms with E-state index in [0.717, 1.165) is 0 Å². The molecule has 2 unspecified atom stereocenters. The van der Waals surface area contributed by atoms with Crippen LogP contribution in [0.4, 0.5) is 0 Å². The second kappa shape index (κ2) is 9.39. The molecule has 0 aliphatic heterocycles. The van der Waals surface area contributed by atoms with Crippen LogP contribution < -0.4 is 5.32 Å². The van der Waals surface area contributed by atoms with Crippen molar-refractivity contribution in [2.75, 3.05) is 26.9 Å². The number of aliphatic hydroxyl groups excluding tert-OH is 1. The normalized spacial score (nSPS) is 14.7. The molecule has 2 atom stereocenters. The maximum atomic E-state index is 11.1. The van der Waals surface area contributed by atoms with Gasteiger partial charge in [-0.25, -0.2) is 0 Å². The van der Waals surface area contributed by atoms with E-state index < -0.39 is 6.10 Å². The molecule has 5 heteroatoms. The molecule has 0 rings (SSSR count). The van der Waals surface area contributed by atoms with Crippen molar-refractivity contribution in [2.24, 2.45) is 5.92 Å². The molecule has 0 fully saturated rings. The highest BCUT2D eigenvalue weighted by molar-refractivity contribution is 5.69. The number of nitrogens with one attached hydrogen (secondary N) is 1. The van der Waals surface area contributed by atoms with Crippen LogP contribution in [0.15, 0.2) is 0 Å². The Bertz CT molecular complexity index is 209. The third-order valence-corrected chi connectivity index (χ3v) is 2.47. The number of carbonyl (C=O) groups is 1. The Balaban J connectivity index is 3.87. The summed E-state index contributed by atoms with van der Waals surface area (Å²) in [6, 6.07) is 0.178. The maximum absolute atomic E-state index is 11.1.